The van der Waals surface area contributed by atoms with Crippen molar-refractivity contribution in [2.45, 2.75) is 51.5 Å². The van der Waals surface area contributed by atoms with Gasteiger partial charge in [-0.2, -0.15) is 0 Å². The maximum Gasteiger partial charge on any atom is 0.119 e. The highest BCUT2D eigenvalue weighted by atomic mass is 16.3. The standard InChI is InChI=1S/C17H25NO2/c1-13(14-10-15(19)12-16(20)11-14)18-8-6-17(7-9-18)4-2-3-5-17/h10-13,19-20H,2-9H2,1H3. The summed E-state index contributed by atoms with van der Waals surface area (Å²) in [5.41, 5.74) is 1.64. The molecule has 3 heteroatoms. The van der Waals surface area contributed by atoms with Crippen LogP contribution in [0.1, 0.15) is 57.1 Å². The summed E-state index contributed by atoms with van der Waals surface area (Å²) in [6, 6.07) is 5.18. The minimum absolute atomic E-state index is 0.149. The summed E-state index contributed by atoms with van der Waals surface area (Å²) in [6.45, 7) is 4.44. The smallest absolute Gasteiger partial charge is 0.119 e. The molecule has 110 valence electrons. The highest BCUT2D eigenvalue weighted by molar-refractivity contribution is 5.38. The third-order valence-corrected chi connectivity index (χ3v) is 5.48. The van der Waals surface area contributed by atoms with E-state index in [-0.39, 0.29) is 17.5 Å². The average Bonchev–Trinajstić information content (AvgIpc) is 2.86. The predicted molar refractivity (Wildman–Crippen MR) is 79.9 cm³/mol. The first-order valence-corrected chi connectivity index (χ1v) is 7.85. The highest BCUT2D eigenvalue weighted by Gasteiger charge is 2.37. The van der Waals surface area contributed by atoms with Gasteiger partial charge >= 0.3 is 0 Å². The Kier molecular flexibility index (Phi) is 3.63. The van der Waals surface area contributed by atoms with E-state index < -0.39 is 0 Å². The molecule has 1 saturated carbocycles. The summed E-state index contributed by atoms with van der Waals surface area (Å²) < 4.78 is 0. The first-order valence-electron chi connectivity index (χ1n) is 7.85. The zero-order valence-electron chi connectivity index (χ0n) is 12.3. The fraction of sp³-hybridized carbons (Fsp3) is 0.647. The number of piperidine rings is 1. The van der Waals surface area contributed by atoms with Crippen LogP contribution in [0, 0.1) is 5.41 Å². The number of hydrogen-bond donors (Lipinski definition) is 2. The number of aromatic hydroxyl groups is 2. The Labute approximate surface area is 121 Å². The lowest BCUT2D eigenvalue weighted by Gasteiger charge is -2.42. The van der Waals surface area contributed by atoms with Crippen molar-refractivity contribution in [3.05, 3.63) is 23.8 Å². The normalized spacial score (nSPS) is 24.1. The van der Waals surface area contributed by atoms with Gasteiger partial charge in [0.2, 0.25) is 0 Å². The Balaban J connectivity index is 1.68. The van der Waals surface area contributed by atoms with Gasteiger partial charge in [-0.15, -0.1) is 0 Å². The molecule has 0 radical (unpaired) electrons. The van der Waals surface area contributed by atoms with Crippen LogP contribution in [0.2, 0.25) is 0 Å². The molecule has 2 N–H and O–H groups in total. The molecule has 1 aromatic rings. The van der Waals surface area contributed by atoms with Gasteiger partial charge in [-0.05, 0) is 68.8 Å². The molecular formula is C17H25NO2. The van der Waals surface area contributed by atoms with Crippen molar-refractivity contribution in [3.8, 4) is 11.5 Å². The number of hydrogen-bond acceptors (Lipinski definition) is 3. The van der Waals surface area contributed by atoms with Gasteiger partial charge in [-0.25, -0.2) is 0 Å². The van der Waals surface area contributed by atoms with Gasteiger partial charge < -0.3 is 10.2 Å². The van der Waals surface area contributed by atoms with E-state index in [2.05, 4.69) is 11.8 Å². The van der Waals surface area contributed by atoms with Crippen molar-refractivity contribution < 1.29 is 10.2 Å². The van der Waals surface area contributed by atoms with Crippen LogP contribution in [-0.2, 0) is 0 Å². The summed E-state index contributed by atoms with van der Waals surface area (Å²) in [5.74, 6) is 0.298. The van der Waals surface area contributed by atoms with E-state index in [1.165, 1.54) is 44.6 Å². The summed E-state index contributed by atoms with van der Waals surface area (Å²) >= 11 is 0. The molecular weight excluding hydrogens is 250 g/mol. The van der Waals surface area contributed by atoms with Crippen molar-refractivity contribution in [1.82, 2.24) is 4.90 Å². The monoisotopic (exact) mass is 275 g/mol. The van der Waals surface area contributed by atoms with Gasteiger partial charge in [-0.1, -0.05) is 12.8 Å². The molecule has 2 fully saturated rings. The molecule has 0 amide bonds. The minimum Gasteiger partial charge on any atom is -0.508 e. The third kappa shape index (κ3) is 2.64. The topological polar surface area (TPSA) is 43.7 Å². The zero-order valence-corrected chi connectivity index (χ0v) is 12.3. The molecule has 3 nitrogen and oxygen atoms in total. The quantitative estimate of drug-likeness (QED) is 0.862. The lowest BCUT2D eigenvalue weighted by Crippen LogP contribution is -2.40. The number of phenolic OH excluding ortho intramolecular Hbond substituents is 2. The Morgan fingerprint density at radius 1 is 0.950 bits per heavy atom. The van der Waals surface area contributed by atoms with Crippen LogP contribution in [0.5, 0.6) is 11.5 Å². The van der Waals surface area contributed by atoms with Crippen molar-refractivity contribution >= 4 is 0 Å². The van der Waals surface area contributed by atoms with E-state index in [4.69, 9.17) is 0 Å². The second-order valence-electron chi connectivity index (χ2n) is 6.70. The van der Waals surface area contributed by atoms with Crippen LogP contribution < -0.4 is 0 Å². The number of phenols is 2. The predicted octanol–water partition coefficient (Wildman–Crippen LogP) is 3.82. The number of rotatable bonds is 2. The van der Waals surface area contributed by atoms with Gasteiger partial charge in [0.05, 0.1) is 0 Å². The molecule has 1 heterocycles. The lowest BCUT2D eigenvalue weighted by molar-refractivity contribution is 0.0812. The van der Waals surface area contributed by atoms with E-state index in [1.807, 2.05) is 0 Å². The number of nitrogens with zero attached hydrogens (tertiary/aromatic N) is 1. The Morgan fingerprint density at radius 2 is 1.50 bits per heavy atom. The molecule has 0 bridgehead atoms. The van der Waals surface area contributed by atoms with E-state index in [0.717, 1.165) is 18.7 Å². The van der Waals surface area contributed by atoms with Crippen molar-refractivity contribution in [2.75, 3.05) is 13.1 Å². The Hall–Kier alpha value is -1.22. The van der Waals surface area contributed by atoms with Crippen LogP contribution in [0.25, 0.3) is 0 Å². The van der Waals surface area contributed by atoms with Crippen LogP contribution in [-0.4, -0.2) is 28.2 Å². The second-order valence-corrected chi connectivity index (χ2v) is 6.70. The van der Waals surface area contributed by atoms with Gasteiger partial charge in [0.1, 0.15) is 11.5 Å². The molecule has 1 spiro atoms. The molecule has 1 unspecified atom stereocenters. The van der Waals surface area contributed by atoms with Gasteiger partial charge in [-0.3, -0.25) is 4.90 Å². The maximum absolute atomic E-state index is 9.63. The van der Waals surface area contributed by atoms with Crippen LogP contribution in [0.4, 0.5) is 0 Å². The molecule has 1 aliphatic carbocycles. The molecule has 20 heavy (non-hydrogen) atoms. The van der Waals surface area contributed by atoms with Gasteiger partial charge in [0.25, 0.3) is 0 Å². The fourth-order valence-electron chi connectivity index (χ4n) is 4.08. The van der Waals surface area contributed by atoms with E-state index in [9.17, 15) is 10.2 Å². The van der Waals surface area contributed by atoms with Crippen LogP contribution >= 0.6 is 0 Å². The van der Waals surface area contributed by atoms with E-state index in [1.54, 1.807) is 12.1 Å². The van der Waals surface area contributed by atoms with Crippen LogP contribution in [0.15, 0.2) is 18.2 Å². The lowest BCUT2D eigenvalue weighted by atomic mass is 9.76. The molecule has 2 aliphatic rings. The Morgan fingerprint density at radius 3 is 2.05 bits per heavy atom. The van der Waals surface area contributed by atoms with E-state index >= 15 is 0 Å². The number of benzene rings is 1. The summed E-state index contributed by atoms with van der Waals surface area (Å²) in [6.07, 6.45) is 8.28. The SMILES string of the molecule is CC(c1cc(O)cc(O)c1)N1CCC2(CCCC2)CC1. The highest BCUT2D eigenvalue weighted by Crippen LogP contribution is 2.47. The summed E-state index contributed by atoms with van der Waals surface area (Å²) in [7, 11) is 0. The number of likely N-dealkylation sites (tertiary alicyclic amines) is 1. The Bertz CT molecular complexity index is 450. The molecule has 1 aliphatic heterocycles. The molecule has 1 atom stereocenters. The maximum atomic E-state index is 9.63. The third-order valence-electron chi connectivity index (χ3n) is 5.48. The first kappa shape index (κ1) is 13.7. The minimum atomic E-state index is 0.149. The fourth-order valence-corrected chi connectivity index (χ4v) is 4.08. The average molecular weight is 275 g/mol. The first-order chi connectivity index (χ1) is 9.58. The summed E-state index contributed by atoms with van der Waals surface area (Å²) in [4.78, 5) is 2.48. The summed E-state index contributed by atoms with van der Waals surface area (Å²) in [5, 5.41) is 19.3. The largest absolute Gasteiger partial charge is 0.508 e. The van der Waals surface area contributed by atoms with Crippen molar-refractivity contribution in [3.63, 3.8) is 0 Å². The van der Waals surface area contributed by atoms with Crippen LogP contribution in [0.3, 0.4) is 0 Å². The van der Waals surface area contributed by atoms with Crippen molar-refractivity contribution in [1.29, 1.82) is 0 Å². The van der Waals surface area contributed by atoms with Gasteiger partial charge in [0, 0.05) is 12.1 Å². The zero-order chi connectivity index (χ0) is 14.2. The van der Waals surface area contributed by atoms with Crippen molar-refractivity contribution in [2.24, 2.45) is 5.41 Å². The molecule has 3 rings (SSSR count). The molecule has 1 aromatic carbocycles. The second kappa shape index (κ2) is 5.28. The molecule has 1 saturated heterocycles. The molecule has 0 aromatic heterocycles. The van der Waals surface area contributed by atoms with Gasteiger partial charge in [0.15, 0.2) is 0 Å². The van der Waals surface area contributed by atoms with E-state index in [0.29, 0.717) is 5.41 Å².